The van der Waals surface area contributed by atoms with Gasteiger partial charge in [-0.15, -0.1) is 5.10 Å². The first kappa shape index (κ1) is 16.6. The molecule has 2 aliphatic rings. The molecule has 1 aromatic carbocycles. The lowest BCUT2D eigenvalue weighted by atomic mass is 9.83. The molecule has 4 rings (SSSR count). The van der Waals surface area contributed by atoms with E-state index in [-0.39, 0.29) is 12.7 Å². The van der Waals surface area contributed by atoms with Crippen LogP contribution >= 0.6 is 11.6 Å². The van der Waals surface area contributed by atoms with Gasteiger partial charge in [-0.2, -0.15) is 5.26 Å². The number of ether oxygens (including phenoxy) is 3. The number of unbranched alkanes of at least 4 members (excludes halogenated alkanes) is 1. The molecule has 0 aliphatic carbocycles. The van der Waals surface area contributed by atoms with Crippen molar-refractivity contribution in [2.24, 2.45) is 5.73 Å². The lowest BCUT2D eigenvalue weighted by molar-refractivity contribution is 0.174. The number of nitriles is 1. The first-order valence-corrected chi connectivity index (χ1v) is 8.75. The van der Waals surface area contributed by atoms with Crippen LogP contribution in [-0.2, 0) is 6.42 Å². The summed E-state index contributed by atoms with van der Waals surface area (Å²) in [4.78, 5) is 0. The molecule has 0 amide bonds. The molecule has 0 saturated heterocycles. The molecule has 134 valence electrons. The van der Waals surface area contributed by atoms with Crippen LogP contribution in [0.15, 0.2) is 23.6 Å². The van der Waals surface area contributed by atoms with Crippen LogP contribution in [0.3, 0.4) is 0 Å². The zero-order valence-corrected chi connectivity index (χ0v) is 14.9. The Hall–Kier alpha value is -2.85. The van der Waals surface area contributed by atoms with Crippen molar-refractivity contribution in [3.8, 4) is 23.4 Å². The number of hydrogen-bond acceptors (Lipinski definition) is 6. The van der Waals surface area contributed by atoms with Crippen molar-refractivity contribution in [3.63, 3.8) is 0 Å². The molecular formula is C18H17ClN4O3. The number of fused-ring (bicyclic) bond motifs is 2. The maximum Gasteiger partial charge on any atom is 0.244 e. The number of nitrogens with one attached hydrogen (secondary N) is 1. The van der Waals surface area contributed by atoms with E-state index in [1.807, 2.05) is 0 Å². The Morgan fingerprint density at radius 3 is 2.88 bits per heavy atom. The molecule has 2 aromatic rings. The minimum absolute atomic E-state index is 0.0345. The third-order valence-electron chi connectivity index (χ3n) is 4.60. The molecular weight excluding hydrogens is 356 g/mol. The highest BCUT2D eigenvalue weighted by Gasteiger charge is 2.37. The van der Waals surface area contributed by atoms with Gasteiger partial charge in [0.25, 0.3) is 0 Å². The summed E-state index contributed by atoms with van der Waals surface area (Å²) in [6, 6.07) is 5.67. The number of nitrogens with two attached hydrogens (primary N) is 1. The summed E-state index contributed by atoms with van der Waals surface area (Å²) in [5, 5.41) is 17.4. The van der Waals surface area contributed by atoms with Gasteiger partial charge in [0.1, 0.15) is 11.6 Å². The number of aromatic amines is 1. The van der Waals surface area contributed by atoms with Crippen LogP contribution in [-0.4, -0.2) is 17.0 Å². The zero-order chi connectivity index (χ0) is 18.3. The third-order valence-corrected chi connectivity index (χ3v) is 4.93. The summed E-state index contributed by atoms with van der Waals surface area (Å²) >= 11 is 6.52. The van der Waals surface area contributed by atoms with Crippen LogP contribution in [0.4, 0.5) is 0 Å². The summed E-state index contributed by atoms with van der Waals surface area (Å²) < 4.78 is 16.4. The average Bonchev–Trinajstić information content (AvgIpc) is 3.24. The van der Waals surface area contributed by atoms with Gasteiger partial charge in [0.2, 0.25) is 18.6 Å². The summed E-state index contributed by atoms with van der Waals surface area (Å²) in [6.07, 6.45) is 2.81. The predicted octanol–water partition coefficient (Wildman–Crippen LogP) is 3.35. The quantitative estimate of drug-likeness (QED) is 0.852. The van der Waals surface area contributed by atoms with E-state index in [1.54, 1.807) is 12.1 Å². The van der Waals surface area contributed by atoms with Gasteiger partial charge in [-0.3, -0.25) is 5.10 Å². The van der Waals surface area contributed by atoms with E-state index in [9.17, 15) is 5.26 Å². The van der Waals surface area contributed by atoms with Crippen molar-refractivity contribution in [1.29, 1.82) is 5.26 Å². The molecule has 3 heterocycles. The van der Waals surface area contributed by atoms with Gasteiger partial charge in [0.15, 0.2) is 11.5 Å². The number of halogens is 1. The Bertz CT molecular complexity index is 945. The second-order valence-electron chi connectivity index (χ2n) is 6.18. The first-order chi connectivity index (χ1) is 12.6. The van der Waals surface area contributed by atoms with Gasteiger partial charge >= 0.3 is 0 Å². The molecule has 0 unspecified atom stereocenters. The maximum atomic E-state index is 9.71. The van der Waals surface area contributed by atoms with Crippen LogP contribution in [0.5, 0.6) is 17.4 Å². The van der Waals surface area contributed by atoms with Crippen molar-refractivity contribution in [2.75, 3.05) is 6.79 Å². The number of rotatable bonds is 4. The zero-order valence-electron chi connectivity index (χ0n) is 14.1. The Kier molecular flexibility index (Phi) is 4.13. The van der Waals surface area contributed by atoms with Gasteiger partial charge in [-0.05, 0) is 24.5 Å². The molecule has 1 atom stereocenters. The summed E-state index contributed by atoms with van der Waals surface area (Å²) in [6.45, 7) is 2.26. The van der Waals surface area contributed by atoms with E-state index in [1.165, 1.54) is 0 Å². The van der Waals surface area contributed by atoms with Crippen LogP contribution in [0.25, 0.3) is 0 Å². The Morgan fingerprint density at radius 2 is 2.15 bits per heavy atom. The number of hydrogen-bond donors (Lipinski definition) is 2. The Labute approximate surface area is 155 Å². The minimum Gasteiger partial charge on any atom is -0.454 e. The fourth-order valence-electron chi connectivity index (χ4n) is 3.32. The normalized spacial score (nSPS) is 17.7. The summed E-state index contributed by atoms with van der Waals surface area (Å²) in [5.74, 6) is 1.11. The lowest BCUT2D eigenvalue weighted by Crippen LogP contribution is -2.21. The molecule has 0 spiro atoms. The Balaban J connectivity index is 1.89. The van der Waals surface area contributed by atoms with Crippen molar-refractivity contribution >= 4 is 11.6 Å². The smallest absolute Gasteiger partial charge is 0.244 e. The van der Waals surface area contributed by atoms with E-state index in [0.29, 0.717) is 33.5 Å². The predicted molar refractivity (Wildman–Crippen MR) is 94.1 cm³/mol. The molecule has 0 radical (unpaired) electrons. The topological polar surface area (TPSA) is 106 Å². The molecule has 2 aliphatic heterocycles. The fraction of sp³-hybridized carbons (Fsp3) is 0.333. The van der Waals surface area contributed by atoms with Crippen molar-refractivity contribution in [2.45, 2.75) is 32.1 Å². The molecule has 7 nitrogen and oxygen atoms in total. The molecule has 0 saturated carbocycles. The van der Waals surface area contributed by atoms with Crippen molar-refractivity contribution in [3.05, 3.63) is 45.4 Å². The van der Waals surface area contributed by atoms with Crippen molar-refractivity contribution in [1.82, 2.24) is 10.2 Å². The first-order valence-electron chi connectivity index (χ1n) is 8.37. The van der Waals surface area contributed by atoms with E-state index in [0.717, 1.165) is 30.5 Å². The minimum atomic E-state index is -0.476. The van der Waals surface area contributed by atoms with Gasteiger partial charge in [-0.25, -0.2) is 0 Å². The van der Waals surface area contributed by atoms with E-state index in [4.69, 9.17) is 31.5 Å². The highest BCUT2D eigenvalue weighted by atomic mass is 35.5. The standard InChI is InChI=1S/C18H17ClN4O3/c1-2-3-4-12-16-15(10(7-20)17(21)26-18(16)23-22-12)9-5-13-14(6-11(9)19)25-8-24-13/h5-6,15H,2-4,8,21H2,1H3,(H,22,23)/t15-/m1/s1. The molecule has 1 aromatic heterocycles. The fourth-order valence-corrected chi connectivity index (χ4v) is 3.58. The van der Waals surface area contributed by atoms with Gasteiger partial charge in [-0.1, -0.05) is 24.9 Å². The molecule has 3 N–H and O–H groups in total. The highest BCUT2D eigenvalue weighted by Crippen LogP contribution is 2.48. The average molecular weight is 373 g/mol. The molecule has 0 bridgehead atoms. The maximum absolute atomic E-state index is 9.71. The summed E-state index contributed by atoms with van der Waals surface area (Å²) in [7, 11) is 0. The van der Waals surface area contributed by atoms with Gasteiger partial charge in [0, 0.05) is 16.8 Å². The molecule has 0 fully saturated rings. The van der Waals surface area contributed by atoms with E-state index < -0.39 is 5.92 Å². The Morgan fingerprint density at radius 1 is 1.38 bits per heavy atom. The number of aromatic nitrogens is 2. The van der Waals surface area contributed by atoms with E-state index in [2.05, 4.69) is 23.2 Å². The van der Waals surface area contributed by atoms with E-state index >= 15 is 0 Å². The largest absolute Gasteiger partial charge is 0.454 e. The van der Waals surface area contributed by atoms with Crippen LogP contribution in [0, 0.1) is 11.3 Å². The van der Waals surface area contributed by atoms with Crippen LogP contribution in [0.2, 0.25) is 5.02 Å². The number of allylic oxidation sites excluding steroid dienone is 1. The second kappa shape index (κ2) is 6.46. The highest BCUT2D eigenvalue weighted by molar-refractivity contribution is 6.31. The number of aryl methyl sites for hydroxylation is 1. The van der Waals surface area contributed by atoms with Crippen LogP contribution in [0.1, 0.15) is 42.5 Å². The van der Waals surface area contributed by atoms with Gasteiger partial charge in [0.05, 0.1) is 11.5 Å². The number of nitrogens with zero attached hydrogens (tertiary/aromatic N) is 2. The third kappa shape index (κ3) is 2.54. The number of benzene rings is 1. The monoisotopic (exact) mass is 372 g/mol. The summed E-state index contributed by atoms with van der Waals surface area (Å²) in [5.41, 5.74) is 8.71. The molecule has 26 heavy (non-hydrogen) atoms. The second-order valence-corrected chi connectivity index (χ2v) is 6.58. The SMILES string of the molecule is CCCCc1[nH]nc2c1[C@H](c1cc3c(cc1Cl)OCO3)C(C#N)=C(N)O2. The van der Waals surface area contributed by atoms with Crippen molar-refractivity contribution < 1.29 is 14.2 Å². The lowest BCUT2D eigenvalue weighted by Gasteiger charge is -2.25. The number of H-pyrrole nitrogens is 1. The van der Waals surface area contributed by atoms with Crippen LogP contribution < -0.4 is 19.9 Å². The molecule has 8 heteroatoms. The van der Waals surface area contributed by atoms with Gasteiger partial charge < -0.3 is 19.9 Å².